The number of amides is 1. The summed E-state index contributed by atoms with van der Waals surface area (Å²) in [5.41, 5.74) is 6.20. The Morgan fingerprint density at radius 1 is 1.10 bits per heavy atom. The van der Waals surface area contributed by atoms with Crippen molar-refractivity contribution < 1.29 is 10.1 Å². The molecule has 0 unspecified atom stereocenters. The molecule has 0 aliphatic carbocycles. The predicted octanol–water partition coefficient (Wildman–Crippen LogP) is 1.09. The monoisotopic (exact) mass is 416 g/mol. The molecule has 8 nitrogen and oxygen atoms in total. The molecule has 0 aliphatic heterocycles. The topological polar surface area (TPSA) is 118 Å². The van der Waals surface area contributed by atoms with Crippen LogP contribution in [0.4, 0.5) is 11.5 Å². The highest BCUT2D eigenvalue weighted by Crippen LogP contribution is 2.19. The van der Waals surface area contributed by atoms with Gasteiger partial charge in [0.15, 0.2) is 12.2 Å². The summed E-state index contributed by atoms with van der Waals surface area (Å²) in [7, 11) is 0. The van der Waals surface area contributed by atoms with Crippen molar-refractivity contribution in [2.45, 2.75) is 47.2 Å². The molecule has 0 bridgehead atoms. The zero-order valence-electron chi connectivity index (χ0n) is 18.5. The maximum absolute atomic E-state index is 13.1. The molecule has 1 aromatic carbocycles. The number of carbonyl (C=O) groups is 1. The van der Waals surface area contributed by atoms with Crippen LogP contribution in [-0.2, 0) is 11.3 Å². The van der Waals surface area contributed by atoms with Crippen molar-refractivity contribution in [3.05, 3.63) is 56.7 Å². The first-order chi connectivity index (χ1) is 14.1. The molecule has 0 aliphatic rings. The number of aromatic amines is 1. The van der Waals surface area contributed by atoms with Gasteiger partial charge in [-0.15, -0.1) is 0 Å². The minimum Gasteiger partial charge on any atom is -0.383 e. The van der Waals surface area contributed by atoms with Crippen LogP contribution >= 0.6 is 0 Å². The molecule has 0 saturated heterocycles. The van der Waals surface area contributed by atoms with Crippen LogP contribution in [0, 0.1) is 11.8 Å². The summed E-state index contributed by atoms with van der Waals surface area (Å²) >= 11 is 0. The van der Waals surface area contributed by atoms with Gasteiger partial charge in [-0.1, -0.05) is 58.0 Å². The van der Waals surface area contributed by atoms with Gasteiger partial charge in [-0.3, -0.25) is 24.0 Å². The van der Waals surface area contributed by atoms with Crippen molar-refractivity contribution >= 4 is 17.4 Å². The molecule has 0 radical (unpaired) electrons. The Morgan fingerprint density at radius 2 is 1.73 bits per heavy atom. The number of hydrogen-bond donors (Lipinski definition) is 3. The first kappa shape index (κ1) is 23.4. The number of nitrogens with two attached hydrogens (primary N) is 2. The maximum Gasteiger partial charge on any atom is 0.330 e. The van der Waals surface area contributed by atoms with Crippen molar-refractivity contribution in [3.8, 4) is 0 Å². The van der Waals surface area contributed by atoms with E-state index in [4.69, 9.17) is 5.73 Å². The van der Waals surface area contributed by atoms with Crippen LogP contribution in [-0.4, -0.2) is 28.5 Å². The van der Waals surface area contributed by atoms with Gasteiger partial charge in [0.05, 0.1) is 0 Å². The summed E-state index contributed by atoms with van der Waals surface area (Å²) in [6.07, 6.45) is 0. The second-order valence-corrected chi connectivity index (χ2v) is 8.53. The van der Waals surface area contributed by atoms with E-state index in [0.29, 0.717) is 13.1 Å². The van der Waals surface area contributed by atoms with Gasteiger partial charge in [0.25, 0.3) is 11.5 Å². The van der Waals surface area contributed by atoms with E-state index >= 15 is 0 Å². The third-order valence-electron chi connectivity index (χ3n) is 4.85. The van der Waals surface area contributed by atoms with E-state index in [1.807, 2.05) is 70.3 Å². The second kappa shape index (κ2) is 10.2. The standard InChI is InChI=1S/C22H33N5O3/c1-14(2)12-26(18(28)11-24-16(5)17-9-7-6-8-10-17)19-20(23)27(13-15(3)4)22(30)25-21(19)29/h6-10,14-16,24H,11-13,23H2,1-5H3,(H,25,29,30)/p+1/t16-/m0/s1. The van der Waals surface area contributed by atoms with Crippen LogP contribution in [0.25, 0.3) is 0 Å². The van der Waals surface area contributed by atoms with Gasteiger partial charge in [-0.2, -0.15) is 0 Å². The van der Waals surface area contributed by atoms with Crippen molar-refractivity contribution in [2.75, 3.05) is 23.7 Å². The van der Waals surface area contributed by atoms with Crippen LogP contribution in [0.15, 0.2) is 39.9 Å². The Kier molecular flexibility index (Phi) is 8.00. The fourth-order valence-corrected chi connectivity index (χ4v) is 3.35. The average molecular weight is 417 g/mol. The van der Waals surface area contributed by atoms with Gasteiger partial charge in [-0.05, 0) is 18.8 Å². The lowest BCUT2D eigenvalue weighted by molar-refractivity contribution is -0.682. The van der Waals surface area contributed by atoms with Gasteiger partial charge in [0, 0.05) is 18.7 Å². The van der Waals surface area contributed by atoms with Crippen molar-refractivity contribution in [2.24, 2.45) is 11.8 Å². The van der Waals surface area contributed by atoms with Crippen LogP contribution < -0.4 is 27.2 Å². The third-order valence-corrected chi connectivity index (χ3v) is 4.85. The Labute approximate surface area is 177 Å². The number of nitrogens with zero attached hydrogens (tertiary/aromatic N) is 2. The quantitative estimate of drug-likeness (QED) is 0.567. The molecule has 5 N–H and O–H groups in total. The van der Waals surface area contributed by atoms with Crippen LogP contribution in [0.5, 0.6) is 0 Å². The number of aromatic nitrogens is 2. The van der Waals surface area contributed by atoms with E-state index in [2.05, 4.69) is 4.98 Å². The van der Waals surface area contributed by atoms with Gasteiger partial charge in [0.1, 0.15) is 11.9 Å². The molecule has 30 heavy (non-hydrogen) atoms. The number of anilines is 2. The highest BCUT2D eigenvalue weighted by molar-refractivity contribution is 5.96. The smallest absolute Gasteiger partial charge is 0.330 e. The summed E-state index contributed by atoms with van der Waals surface area (Å²) in [4.78, 5) is 41.8. The summed E-state index contributed by atoms with van der Waals surface area (Å²) < 4.78 is 1.33. The molecule has 2 aromatic rings. The Bertz CT molecular complexity index is 963. The molecule has 1 aromatic heterocycles. The molecular formula is C22H34N5O3+. The van der Waals surface area contributed by atoms with Crippen LogP contribution in [0.1, 0.15) is 46.2 Å². The lowest BCUT2D eigenvalue weighted by atomic mass is 10.1. The minimum absolute atomic E-state index is 0.0301. The molecule has 1 amide bonds. The number of nitrogens with one attached hydrogen (secondary N) is 1. The molecule has 164 valence electrons. The zero-order valence-corrected chi connectivity index (χ0v) is 18.5. The fraction of sp³-hybridized carbons (Fsp3) is 0.500. The highest BCUT2D eigenvalue weighted by atomic mass is 16.2. The van der Waals surface area contributed by atoms with Gasteiger partial charge in [0.2, 0.25) is 0 Å². The SMILES string of the molecule is CC(C)CN(C(=O)C[NH2+][C@@H](C)c1ccccc1)c1c(N)n(CC(C)C)c(=O)[nH]c1=O. The summed E-state index contributed by atoms with van der Waals surface area (Å²) in [6, 6.07) is 9.99. The Hall–Kier alpha value is -2.87. The van der Waals surface area contributed by atoms with Crippen molar-refractivity contribution in [1.29, 1.82) is 0 Å². The first-order valence-electron chi connectivity index (χ1n) is 10.4. The van der Waals surface area contributed by atoms with Crippen LogP contribution in [0.2, 0.25) is 0 Å². The predicted molar refractivity (Wildman–Crippen MR) is 119 cm³/mol. The van der Waals surface area contributed by atoms with Gasteiger partial charge >= 0.3 is 5.69 Å². The second-order valence-electron chi connectivity index (χ2n) is 8.53. The third kappa shape index (κ3) is 5.82. The van der Waals surface area contributed by atoms with Crippen molar-refractivity contribution in [3.63, 3.8) is 0 Å². The first-order valence-corrected chi connectivity index (χ1v) is 10.4. The molecule has 2 rings (SSSR count). The highest BCUT2D eigenvalue weighted by Gasteiger charge is 2.26. The maximum atomic E-state index is 13.1. The number of benzene rings is 1. The van der Waals surface area contributed by atoms with E-state index in [1.165, 1.54) is 9.47 Å². The summed E-state index contributed by atoms with van der Waals surface area (Å²) in [5, 5.41) is 1.93. The number of H-pyrrole nitrogens is 1. The van der Waals surface area contributed by atoms with E-state index in [9.17, 15) is 14.4 Å². The molecule has 0 saturated carbocycles. The van der Waals surface area contributed by atoms with Crippen LogP contribution in [0.3, 0.4) is 0 Å². The summed E-state index contributed by atoms with van der Waals surface area (Å²) in [6.45, 7) is 10.7. The molecular weight excluding hydrogens is 382 g/mol. The largest absolute Gasteiger partial charge is 0.383 e. The molecule has 0 spiro atoms. The average Bonchev–Trinajstić information content (AvgIpc) is 2.68. The normalized spacial score (nSPS) is 12.4. The Balaban J connectivity index is 2.34. The molecule has 8 heteroatoms. The summed E-state index contributed by atoms with van der Waals surface area (Å²) in [5.74, 6) is 0.0730. The number of hydrogen-bond acceptors (Lipinski definition) is 4. The number of quaternary nitrogens is 1. The lowest BCUT2D eigenvalue weighted by Gasteiger charge is -2.26. The van der Waals surface area contributed by atoms with E-state index < -0.39 is 11.2 Å². The van der Waals surface area contributed by atoms with E-state index in [1.54, 1.807) is 0 Å². The van der Waals surface area contributed by atoms with Crippen molar-refractivity contribution in [1.82, 2.24) is 9.55 Å². The van der Waals surface area contributed by atoms with Gasteiger partial charge < -0.3 is 11.1 Å². The molecule has 1 atom stereocenters. The van der Waals surface area contributed by atoms with Gasteiger partial charge in [-0.25, -0.2) is 4.79 Å². The molecule has 1 heterocycles. The number of rotatable bonds is 9. The lowest BCUT2D eigenvalue weighted by Crippen LogP contribution is -2.87. The van der Waals surface area contributed by atoms with E-state index in [0.717, 1.165) is 5.56 Å². The number of nitrogen functional groups attached to an aromatic ring is 1. The minimum atomic E-state index is -0.636. The van der Waals surface area contributed by atoms with E-state index in [-0.39, 0.29) is 41.8 Å². The Morgan fingerprint density at radius 3 is 2.30 bits per heavy atom. The molecule has 0 fully saturated rings. The zero-order chi connectivity index (χ0) is 22.4. The number of carbonyl (C=O) groups excluding carboxylic acids is 1. The fourth-order valence-electron chi connectivity index (χ4n) is 3.35.